The van der Waals surface area contributed by atoms with Crippen LogP contribution in [0, 0.1) is 0 Å². The van der Waals surface area contributed by atoms with Gasteiger partial charge in [-0.2, -0.15) is 5.10 Å². The number of hydrogen-bond donors (Lipinski definition) is 2. The smallest absolute Gasteiger partial charge is 0.254 e. The number of ether oxygens (including phenoxy) is 1. The first-order chi connectivity index (χ1) is 12.7. The van der Waals surface area contributed by atoms with E-state index in [2.05, 4.69) is 16.3 Å². The Bertz CT molecular complexity index is 950. The molecule has 1 saturated heterocycles. The highest BCUT2D eigenvalue weighted by molar-refractivity contribution is 6.00. The number of benzene rings is 2. The molecule has 0 radical (unpaired) electrons. The van der Waals surface area contributed by atoms with Crippen molar-refractivity contribution in [1.82, 2.24) is 15.1 Å². The van der Waals surface area contributed by atoms with E-state index < -0.39 is 0 Å². The van der Waals surface area contributed by atoms with Crippen LogP contribution < -0.4 is 10.5 Å². The second-order valence-corrected chi connectivity index (χ2v) is 6.50. The van der Waals surface area contributed by atoms with Crippen molar-refractivity contribution in [3.05, 3.63) is 53.6 Å². The number of fused-ring (bicyclic) bond motifs is 1. The standard InChI is InChI=1S/C20H22N4O2/c1-2-26-18-8-4-3-6-14(18)17-7-5-11-24(17)20(25)13-9-10-16-15(12-13)19(21)23-22-16/h3-4,6,8-10,12,17H,2,5,7,11H2,1H3,(H3,21,22,23). The molecular weight excluding hydrogens is 328 g/mol. The summed E-state index contributed by atoms with van der Waals surface area (Å²) in [6.07, 6.45) is 1.92. The highest BCUT2D eigenvalue weighted by Gasteiger charge is 2.32. The number of para-hydroxylation sites is 1. The zero-order valence-electron chi connectivity index (χ0n) is 14.7. The van der Waals surface area contributed by atoms with Crippen molar-refractivity contribution in [3.8, 4) is 5.75 Å². The lowest BCUT2D eigenvalue weighted by molar-refractivity contribution is 0.0734. The molecule has 1 aliphatic heterocycles. The third kappa shape index (κ3) is 2.77. The number of nitrogens with zero attached hydrogens (tertiary/aromatic N) is 2. The number of carbonyl (C=O) groups is 1. The van der Waals surface area contributed by atoms with Gasteiger partial charge in [-0.3, -0.25) is 9.89 Å². The summed E-state index contributed by atoms with van der Waals surface area (Å²) < 4.78 is 5.78. The van der Waals surface area contributed by atoms with E-state index in [4.69, 9.17) is 10.5 Å². The van der Waals surface area contributed by atoms with Crippen molar-refractivity contribution < 1.29 is 9.53 Å². The largest absolute Gasteiger partial charge is 0.494 e. The molecule has 6 nitrogen and oxygen atoms in total. The number of amides is 1. The predicted molar refractivity (Wildman–Crippen MR) is 101 cm³/mol. The normalized spacial score (nSPS) is 17.0. The summed E-state index contributed by atoms with van der Waals surface area (Å²) in [4.78, 5) is 15.1. The lowest BCUT2D eigenvalue weighted by Crippen LogP contribution is -2.30. The van der Waals surface area contributed by atoms with E-state index in [9.17, 15) is 4.79 Å². The van der Waals surface area contributed by atoms with Gasteiger partial charge in [0.2, 0.25) is 0 Å². The molecule has 26 heavy (non-hydrogen) atoms. The minimum atomic E-state index is 0.0151. The number of likely N-dealkylation sites (tertiary alicyclic amines) is 1. The first-order valence-corrected chi connectivity index (χ1v) is 8.95. The highest BCUT2D eigenvalue weighted by atomic mass is 16.5. The van der Waals surface area contributed by atoms with Crippen LogP contribution in [-0.4, -0.2) is 34.2 Å². The van der Waals surface area contributed by atoms with Crippen LogP contribution in [0.15, 0.2) is 42.5 Å². The van der Waals surface area contributed by atoms with E-state index in [1.54, 1.807) is 0 Å². The Hall–Kier alpha value is -3.02. The lowest BCUT2D eigenvalue weighted by Gasteiger charge is -2.26. The number of anilines is 1. The molecule has 1 unspecified atom stereocenters. The molecule has 3 aromatic rings. The molecule has 0 bridgehead atoms. The molecule has 0 aliphatic carbocycles. The van der Waals surface area contributed by atoms with Crippen LogP contribution in [0.2, 0.25) is 0 Å². The summed E-state index contributed by atoms with van der Waals surface area (Å²) >= 11 is 0. The number of aromatic amines is 1. The van der Waals surface area contributed by atoms with E-state index >= 15 is 0 Å². The van der Waals surface area contributed by atoms with Crippen LogP contribution in [0.4, 0.5) is 5.82 Å². The van der Waals surface area contributed by atoms with Crippen LogP contribution >= 0.6 is 0 Å². The fourth-order valence-electron chi connectivity index (χ4n) is 3.71. The zero-order chi connectivity index (χ0) is 18.1. The average Bonchev–Trinajstić information content (AvgIpc) is 3.29. The van der Waals surface area contributed by atoms with E-state index in [1.807, 2.05) is 48.2 Å². The van der Waals surface area contributed by atoms with E-state index in [0.717, 1.165) is 41.6 Å². The number of rotatable bonds is 4. The Morgan fingerprint density at radius 1 is 1.35 bits per heavy atom. The lowest BCUT2D eigenvalue weighted by atomic mass is 10.0. The molecule has 4 rings (SSSR count). The minimum Gasteiger partial charge on any atom is -0.494 e. The Morgan fingerprint density at radius 3 is 3.04 bits per heavy atom. The summed E-state index contributed by atoms with van der Waals surface area (Å²) in [6, 6.07) is 13.5. The Labute approximate surface area is 151 Å². The fourth-order valence-corrected chi connectivity index (χ4v) is 3.71. The van der Waals surface area contributed by atoms with Crippen LogP contribution in [0.5, 0.6) is 5.75 Å². The fraction of sp³-hybridized carbons (Fsp3) is 0.300. The number of H-pyrrole nitrogens is 1. The van der Waals surface area contributed by atoms with Crippen molar-refractivity contribution in [2.45, 2.75) is 25.8 Å². The number of nitrogens with two attached hydrogens (primary N) is 1. The monoisotopic (exact) mass is 350 g/mol. The Morgan fingerprint density at radius 2 is 2.19 bits per heavy atom. The van der Waals surface area contributed by atoms with Crippen LogP contribution in [0.3, 0.4) is 0 Å². The number of nitrogens with one attached hydrogen (secondary N) is 1. The maximum atomic E-state index is 13.2. The maximum absolute atomic E-state index is 13.2. The molecule has 1 amide bonds. The number of nitrogen functional groups attached to an aromatic ring is 1. The van der Waals surface area contributed by atoms with Crippen molar-refractivity contribution in [3.63, 3.8) is 0 Å². The van der Waals surface area contributed by atoms with Gasteiger partial charge in [-0.1, -0.05) is 18.2 Å². The quantitative estimate of drug-likeness (QED) is 0.754. The second kappa shape index (κ2) is 6.71. The zero-order valence-corrected chi connectivity index (χ0v) is 14.7. The van der Waals surface area contributed by atoms with Gasteiger partial charge in [0.05, 0.1) is 18.2 Å². The molecule has 6 heteroatoms. The molecule has 1 fully saturated rings. The Kier molecular flexibility index (Phi) is 4.24. The Balaban J connectivity index is 1.67. The summed E-state index contributed by atoms with van der Waals surface area (Å²) in [5, 5.41) is 7.64. The summed E-state index contributed by atoms with van der Waals surface area (Å²) in [5.74, 6) is 1.28. The molecule has 134 valence electrons. The van der Waals surface area contributed by atoms with Gasteiger partial charge < -0.3 is 15.4 Å². The van der Waals surface area contributed by atoms with E-state index in [0.29, 0.717) is 18.0 Å². The first kappa shape index (κ1) is 16.4. The third-order valence-electron chi connectivity index (χ3n) is 4.93. The van der Waals surface area contributed by atoms with Gasteiger partial charge in [-0.25, -0.2) is 0 Å². The number of aromatic nitrogens is 2. The van der Waals surface area contributed by atoms with Gasteiger partial charge in [-0.05, 0) is 44.0 Å². The van der Waals surface area contributed by atoms with E-state index in [-0.39, 0.29) is 11.9 Å². The van der Waals surface area contributed by atoms with Crippen LogP contribution in [-0.2, 0) is 0 Å². The molecule has 1 aromatic heterocycles. The van der Waals surface area contributed by atoms with Crippen molar-refractivity contribution in [2.24, 2.45) is 0 Å². The second-order valence-electron chi connectivity index (χ2n) is 6.50. The minimum absolute atomic E-state index is 0.0151. The number of carbonyl (C=O) groups excluding carboxylic acids is 1. The third-order valence-corrected chi connectivity index (χ3v) is 4.93. The summed E-state index contributed by atoms with van der Waals surface area (Å²) in [6.45, 7) is 3.32. The van der Waals surface area contributed by atoms with Crippen LogP contribution in [0.1, 0.15) is 41.7 Å². The first-order valence-electron chi connectivity index (χ1n) is 8.95. The molecule has 3 N–H and O–H groups in total. The van der Waals surface area contributed by atoms with Gasteiger partial charge in [0.15, 0.2) is 5.82 Å². The predicted octanol–water partition coefficient (Wildman–Crippen LogP) is 3.52. The average molecular weight is 350 g/mol. The van der Waals surface area contributed by atoms with Crippen molar-refractivity contribution >= 4 is 22.6 Å². The topological polar surface area (TPSA) is 84.2 Å². The van der Waals surface area contributed by atoms with Crippen molar-refractivity contribution in [1.29, 1.82) is 0 Å². The van der Waals surface area contributed by atoms with Crippen LogP contribution in [0.25, 0.3) is 10.9 Å². The molecule has 2 aromatic carbocycles. The molecule has 1 atom stereocenters. The summed E-state index contributed by atoms with van der Waals surface area (Å²) in [7, 11) is 0. The summed E-state index contributed by atoms with van der Waals surface area (Å²) in [5.41, 5.74) is 8.42. The molecule has 2 heterocycles. The van der Waals surface area contributed by atoms with Gasteiger partial charge in [0.25, 0.3) is 5.91 Å². The van der Waals surface area contributed by atoms with Gasteiger partial charge >= 0.3 is 0 Å². The highest BCUT2D eigenvalue weighted by Crippen LogP contribution is 2.38. The van der Waals surface area contributed by atoms with Gasteiger partial charge in [0.1, 0.15) is 5.75 Å². The maximum Gasteiger partial charge on any atom is 0.254 e. The van der Waals surface area contributed by atoms with Gasteiger partial charge in [-0.15, -0.1) is 0 Å². The SMILES string of the molecule is CCOc1ccccc1C1CCCN1C(=O)c1ccc2[nH]nc(N)c2c1. The molecule has 1 aliphatic rings. The molecule has 0 spiro atoms. The van der Waals surface area contributed by atoms with E-state index in [1.165, 1.54) is 0 Å². The number of hydrogen-bond acceptors (Lipinski definition) is 4. The van der Waals surface area contributed by atoms with Crippen molar-refractivity contribution in [2.75, 3.05) is 18.9 Å². The molecule has 0 saturated carbocycles. The van der Waals surface area contributed by atoms with Gasteiger partial charge in [0, 0.05) is 23.1 Å². The molecular formula is C20H22N4O2.